The molecular formula is C15H24O4. The van der Waals surface area contributed by atoms with Crippen LogP contribution in [-0.2, 0) is 19.1 Å². The minimum Gasteiger partial charge on any atom is -0.465 e. The van der Waals surface area contributed by atoms with Gasteiger partial charge in [0, 0.05) is 12.8 Å². The number of hydrogen-bond acceptors (Lipinski definition) is 4. The molecule has 0 atom stereocenters. The van der Waals surface area contributed by atoms with Crippen LogP contribution in [0.25, 0.3) is 0 Å². The first-order valence-electron chi connectivity index (χ1n) is 7.19. The van der Waals surface area contributed by atoms with Crippen LogP contribution in [0.5, 0.6) is 0 Å². The van der Waals surface area contributed by atoms with E-state index in [0.717, 1.165) is 19.3 Å². The maximum atomic E-state index is 11.7. The number of carbonyl (C=O) groups excluding carboxylic acids is 3. The summed E-state index contributed by atoms with van der Waals surface area (Å²) in [6.45, 7) is 4.78. The van der Waals surface area contributed by atoms with E-state index < -0.39 is 5.92 Å². The molecule has 1 rings (SSSR count). The molecule has 1 aliphatic rings. The van der Waals surface area contributed by atoms with Crippen LogP contribution in [0.15, 0.2) is 0 Å². The molecule has 0 N–H and O–H groups in total. The van der Waals surface area contributed by atoms with Gasteiger partial charge >= 0.3 is 5.97 Å². The SMILES string of the molecule is CC(C)CCCCCOC(=O)C1CC(=O)CC(=O)C1. The largest absolute Gasteiger partial charge is 0.465 e. The van der Waals surface area contributed by atoms with Crippen LogP contribution in [0.3, 0.4) is 0 Å². The van der Waals surface area contributed by atoms with Crippen molar-refractivity contribution in [2.45, 2.75) is 58.8 Å². The van der Waals surface area contributed by atoms with Gasteiger partial charge < -0.3 is 4.74 Å². The molecule has 0 heterocycles. The Hall–Kier alpha value is -1.19. The highest BCUT2D eigenvalue weighted by atomic mass is 16.5. The predicted molar refractivity (Wildman–Crippen MR) is 71.6 cm³/mol. The number of rotatable bonds is 7. The minimum absolute atomic E-state index is 0.0149. The third-order valence-corrected chi connectivity index (χ3v) is 3.35. The zero-order valence-electron chi connectivity index (χ0n) is 11.9. The molecule has 0 saturated heterocycles. The van der Waals surface area contributed by atoms with Gasteiger partial charge in [0.05, 0.1) is 18.9 Å². The Morgan fingerprint density at radius 1 is 1.16 bits per heavy atom. The number of unbranched alkanes of at least 4 members (excludes halogenated alkanes) is 2. The first-order valence-corrected chi connectivity index (χ1v) is 7.19. The van der Waals surface area contributed by atoms with E-state index in [9.17, 15) is 14.4 Å². The lowest BCUT2D eigenvalue weighted by molar-refractivity contribution is -0.153. The number of carbonyl (C=O) groups is 3. The van der Waals surface area contributed by atoms with Gasteiger partial charge in [0.15, 0.2) is 0 Å². The van der Waals surface area contributed by atoms with Gasteiger partial charge in [-0.05, 0) is 12.3 Å². The fourth-order valence-electron chi connectivity index (χ4n) is 2.27. The highest BCUT2D eigenvalue weighted by molar-refractivity contribution is 6.04. The molecule has 0 amide bonds. The average molecular weight is 268 g/mol. The number of ketones is 2. The van der Waals surface area contributed by atoms with E-state index in [1.54, 1.807) is 0 Å². The van der Waals surface area contributed by atoms with Gasteiger partial charge in [0.1, 0.15) is 11.6 Å². The van der Waals surface area contributed by atoms with Crippen LogP contribution >= 0.6 is 0 Å². The van der Waals surface area contributed by atoms with Crippen LogP contribution in [0, 0.1) is 11.8 Å². The predicted octanol–water partition coefficient (Wildman–Crippen LogP) is 2.68. The second kappa shape index (κ2) is 8.08. The first-order chi connectivity index (χ1) is 8.99. The monoisotopic (exact) mass is 268 g/mol. The second-order valence-electron chi connectivity index (χ2n) is 5.77. The van der Waals surface area contributed by atoms with Gasteiger partial charge in [0.2, 0.25) is 0 Å². The summed E-state index contributed by atoms with van der Waals surface area (Å²) in [7, 11) is 0. The van der Waals surface area contributed by atoms with E-state index in [0.29, 0.717) is 12.5 Å². The highest BCUT2D eigenvalue weighted by Gasteiger charge is 2.31. The van der Waals surface area contributed by atoms with E-state index in [1.807, 2.05) is 0 Å². The Morgan fingerprint density at radius 3 is 2.37 bits per heavy atom. The second-order valence-corrected chi connectivity index (χ2v) is 5.77. The molecule has 108 valence electrons. The molecule has 0 aromatic heterocycles. The molecule has 4 nitrogen and oxygen atoms in total. The quantitative estimate of drug-likeness (QED) is 0.404. The summed E-state index contributed by atoms with van der Waals surface area (Å²) in [5.41, 5.74) is 0. The normalized spacial score (nSPS) is 17.0. The number of Topliss-reactive ketones (excluding diaryl/α,β-unsaturated/α-hetero) is 2. The maximum Gasteiger partial charge on any atom is 0.309 e. The number of esters is 1. The molecule has 1 fully saturated rings. The Kier molecular flexibility index (Phi) is 6.74. The van der Waals surface area contributed by atoms with Gasteiger partial charge in [-0.15, -0.1) is 0 Å². The summed E-state index contributed by atoms with van der Waals surface area (Å²) in [4.78, 5) is 34.2. The van der Waals surface area contributed by atoms with E-state index >= 15 is 0 Å². The van der Waals surface area contributed by atoms with Crippen molar-refractivity contribution in [1.82, 2.24) is 0 Å². The van der Waals surface area contributed by atoms with Crippen molar-refractivity contribution in [2.24, 2.45) is 11.8 Å². The summed E-state index contributed by atoms with van der Waals surface area (Å²) < 4.78 is 5.14. The summed E-state index contributed by atoms with van der Waals surface area (Å²) in [5.74, 6) is -0.498. The van der Waals surface area contributed by atoms with E-state index in [2.05, 4.69) is 13.8 Å². The van der Waals surface area contributed by atoms with Crippen molar-refractivity contribution in [1.29, 1.82) is 0 Å². The zero-order chi connectivity index (χ0) is 14.3. The molecule has 0 aromatic rings. The maximum absolute atomic E-state index is 11.7. The highest BCUT2D eigenvalue weighted by Crippen LogP contribution is 2.20. The Labute approximate surface area is 114 Å². The molecule has 0 radical (unpaired) electrons. The van der Waals surface area contributed by atoms with Gasteiger partial charge in [0.25, 0.3) is 0 Å². The van der Waals surface area contributed by atoms with Crippen LogP contribution in [0.2, 0.25) is 0 Å². The van der Waals surface area contributed by atoms with E-state index in [4.69, 9.17) is 4.74 Å². The minimum atomic E-state index is -0.538. The molecule has 1 saturated carbocycles. The van der Waals surface area contributed by atoms with Crippen molar-refractivity contribution in [2.75, 3.05) is 6.61 Å². The van der Waals surface area contributed by atoms with Gasteiger partial charge in [-0.3, -0.25) is 14.4 Å². The summed E-state index contributed by atoms with van der Waals surface area (Å²) in [5, 5.41) is 0. The van der Waals surface area contributed by atoms with Crippen molar-refractivity contribution in [3.05, 3.63) is 0 Å². The summed E-state index contributed by atoms with van der Waals surface area (Å²) in [6, 6.07) is 0. The number of hydrogen-bond donors (Lipinski definition) is 0. The topological polar surface area (TPSA) is 60.4 Å². The molecule has 4 heteroatoms. The number of ether oxygens (including phenoxy) is 1. The van der Waals surface area contributed by atoms with Crippen molar-refractivity contribution in [3.63, 3.8) is 0 Å². The lowest BCUT2D eigenvalue weighted by Crippen LogP contribution is -2.29. The lowest BCUT2D eigenvalue weighted by Gasteiger charge is -2.18. The van der Waals surface area contributed by atoms with Crippen LogP contribution in [0.1, 0.15) is 58.8 Å². The summed E-state index contributed by atoms with van der Waals surface area (Å²) in [6.07, 6.45) is 4.56. The van der Waals surface area contributed by atoms with Crippen molar-refractivity contribution < 1.29 is 19.1 Å². The molecule has 0 bridgehead atoms. The van der Waals surface area contributed by atoms with E-state index in [1.165, 1.54) is 6.42 Å². The van der Waals surface area contributed by atoms with Crippen molar-refractivity contribution >= 4 is 17.5 Å². The Morgan fingerprint density at radius 2 is 1.79 bits per heavy atom. The molecular weight excluding hydrogens is 244 g/mol. The fourth-order valence-corrected chi connectivity index (χ4v) is 2.27. The van der Waals surface area contributed by atoms with Crippen LogP contribution in [0.4, 0.5) is 0 Å². The fraction of sp³-hybridized carbons (Fsp3) is 0.800. The average Bonchev–Trinajstić information content (AvgIpc) is 2.31. The van der Waals surface area contributed by atoms with Crippen molar-refractivity contribution in [3.8, 4) is 0 Å². The smallest absolute Gasteiger partial charge is 0.309 e. The van der Waals surface area contributed by atoms with Crippen LogP contribution < -0.4 is 0 Å². The first kappa shape index (κ1) is 15.9. The lowest BCUT2D eigenvalue weighted by atomic mass is 9.87. The van der Waals surface area contributed by atoms with E-state index in [-0.39, 0.29) is 36.8 Å². The molecule has 0 spiro atoms. The molecule has 0 aromatic carbocycles. The van der Waals surface area contributed by atoms with Gasteiger partial charge in [-0.1, -0.05) is 33.1 Å². The third kappa shape index (κ3) is 6.50. The summed E-state index contributed by atoms with van der Waals surface area (Å²) >= 11 is 0. The standard InChI is InChI=1S/C15H24O4/c1-11(2)6-4-3-5-7-19-15(18)12-8-13(16)10-14(17)9-12/h11-12H,3-10H2,1-2H3. The third-order valence-electron chi connectivity index (χ3n) is 3.35. The van der Waals surface area contributed by atoms with Crippen LogP contribution in [-0.4, -0.2) is 24.1 Å². The van der Waals surface area contributed by atoms with Gasteiger partial charge in [-0.25, -0.2) is 0 Å². The Bertz CT molecular complexity index is 317. The Balaban J connectivity index is 2.13. The molecule has 0 aliphatic heterocycles. The molecule has 0 unspecified atom stereocenters. The zero-order valence-corrected chi connectivity index (χ0v) is 11.9. The molecule has 1 aliphatic carbocycles. The van der Waals surface area contributed by atoms with Gasteiger partial charge in [-0.2, -0.15) is 0 Å². The molecule has 19 heavy (non-hydrogen) atoms.